The van der Waals surface area contributed by atoms with Gasteiger partial charge in [0.15, 0.2) is 0 Å². The van der Waals surface area contributed by atoms with Gasteiger partial charge in [0, 0.05) is 23.0 Å². The van der Waals surface area contributed by atoms with E-state index in [4.69, 9.17) is 10.5 Å². The molecular formula is C19H17F3N4O2. The Kier molecular flexibility index (Phi) is 5.34. The molecule has 2 aromatic rings. The summed E-state index contributed by atoms with van der Waals surface area (Å²) in [6, 6.07) is 6.43. The van der Waals surface area contributed by atoms with Crippen molar-refractivity contribution in [2.24, 2.45) is 10.7 Å². The van der Waals surface area contributed by atoms with Crippen LogP contribution in [0.2, 0.25) is 0 Å². The Labute approximate surface area is 158 Å². The third kappa shape index (κ3) is 3.98. The third-order valence-electron chi connectivity index (χ3n) is 4.13. The second kappa shape index (κ2) is 7.71. The van der Waals surface area contributed by atoms with E-state index < -0.39 is 30.6 Å². The molecule has 0 saturated carbocycles. The van der Waals surface area contributed by atoms with Crippen molar-refractivity contribution in [3.63, 3.8) is 0 Å². The van der Waals surface area contributed by atoms with Crippen LogP contribution in [0.1, 0.15) is 28.5 Å². The zero-order valence-corrected chi connectivity index (χ0v) is 14.9. The lowest BCUT2D eigenvalue weighted by molar-refractivity contribution is 0.102. The van der Waals surface area contributed by atoms with Crippen molar-refractivity contribution in [3.05, 3.63) is 71.0 Å². The molecule has 9 heteroatoms. The van der Waals surface area contributed by atoms with Crippen LogP contribution in [-0.4, -0.2) is 23.6 Å². The van der Waals surface area contributed by atoms with Gasteiger partial charge < -0.3 is 15.8 Å². The number of rotatable bonds is 5. The van der Waals surface area contributed by atoms with E-state index in [2.05, 4.69) is 15.3 Å². The standard InChI is InChI=1S/C19H17F3N4O2/c1-19(7-13(9-21)28-18(23)26-19)14-6-12(3-4-15(14)22)25-17(27)16-5-2-11(8-20)10-24-16/h2-7,10H,8-9H2,1H3,(H2,23,26)(H,25,27)/t19-/m0/s1. The van der Waals surface area contributed by atoms with E-state index in [1.54, 1.807) is 6.92 Å². The minimum absolute atomic E-state index is 0.0715. The topological polar surface area (TPSA) is 89.6 Å². The average Bonchev–Trinajstić information content (AvgIpc) is 2.68. The molecule has 1 aliphatic heterocycles. The fraction of sp³-hybridized carbons (Fsp3) is 0.211. The maximum absolute atomic E-state index is 14.5. The number of amidine groups is 1. The van der Waals surface area contributed by atoms with Gasteiger partial charge in [-0.3, -0.25) is 9.78 Å². The van der Waals surface area contributed by atoms with E-state index in [1.807, 2.05) is 0 Å². The van der Waals surface area contributed by atoms with Crippen molar-refractivity contribution in [2.45, 2.75) is 19.1 Å². The monoisotopic (exact) mass is 390 g/mol. The summed E-state index contributed by atoms with van der Waals surface area (Å²) in [6.07, 6.45) is 2.58. The van der Waals surface area contributed by atoms with E-state index >= 15 is 0 Å². The molecule has 0 radical (unpaired) electrons. The molecule has 0 unspecified atom stereocenters. The zero-order valence-electron chi connectivity index (χ0n) is 14.9. The van der Waals surface area contributed by atoms with E-state index in [9.17, 15) is 18.0 Å². The van der Waals surface area contributed by atoms with Gasteiger partial charge in [0.25, 0.3) is 11.9 Å². The van der Waals surface area contributed by atoms with Gasteiger partial charge in [0.05, 0.1) is 0 Å². The minimum atomic E-state index is -1.31. The maximum Gasteiger partial charge on any atom is 0.288 e. The van der Waals surface area contributed by atoms with Crippen LogP contribution in [0, 0.1) is 5.82 Å². The van der Waals surface area contributed by atoms with Crippen LogP contribution >= 0.6 is 0 Å². The van der Waals surface area contributed by atoms with Crippen molar-refractivity contribution >= 4 is 17.6 Å². The first-order valence-electron chi connectivity index (χ1n) is 8.28. The largest absolute Gasteiger partial charge is 0.428 e. The summed E-state index contributed by atoms with van der Waals surface area (Å²) in [5.41, 5.74) is 5.03. The number of alkyl halides is 2. The molecule has 1 aliphatic rings. The highest BCUT2D eigenvalue weighted by atomic mass is 19.1. The first kappa shape index (κ1) is 19.4. The summed E-state index contributed by atoms with van der Waals surface area (Å²) in [7, 11) is 0. The van der Waals surface area contributed by atoms with Crippen molar-refractivity contribution in [3.8, 4) is 0 Å². The fourth-order valence-electron chi connectivity index (χ4n) is 2.79. The van der Waals surface area contributed by atoms with Crippen molar-refractivity contribution < 1.29 is 22.7 Å². The number of pyridine rings is 1. The minimum Gasteiger partial charge on any atom is -0.428 e. The van der Waals surface area contributed by atoms with Crippen LogP contribution in [0.25, 0.3) is 0 Å². The highest BCUT2D eigenvalue weighted by molar-refractivity contribution is 6.02. The number of nitrogens with zero attached hydrogens (tertiary/aromatic N) is 2. The summed E-state index contributed by atoms with van der Waals surface area (Å²) in [5, 5.41) is 2.59. The van der Waals surface area contributed by atoms with Gasteiger partial charge in [0.1, 0.15) is 36.2 Å². The third-order valence-corrected chi connectivity index (χ3v) is 4.13. The molecule has 2 heterocycles. The van der Waals surface area contributed by atoms with Crippen LogP contribution in [0.5, 0.6) is 0 Å². The molecule has 0 bridgehead atoms. The highest BCUT2D eigenvalue weighted by Gasteiger charge is 2.32. The average molecular weight is 390 g/mol. The summed E-state index contributed by atoms with van der Waals surface area (Å²) in [6.45, 7) is -0.0692. The molecule has 3 N–H and O–H groups in total. The quantitative estimate of drug-likeness (QED) is 0.819. The SMILES string of the molecule is C[C@@]1(c2cc(NC(=O)c3ccc(CF)cn3)ccc2F)C=C(CF)OC(N)=N1. The lowest BCUT2D eigenvalue weighted by Gasteiger charge is -2.28. The van der Waals surface area contributed by atoms with Crippen LogP contribution in [0.4, 0.5) is 18.9 Å². The molecule has 1 atom stereocenters. The smallest absolute Gasteiger partial charge is 0.288 e. The second-order valence-corrected chi connectivity index (χ2v) is 6.28. The number of carbonyl (C=O) groups excluding carboxylic acids is 1. The Morgan fingerprint density at radius 3 is 2.68 bits per heavy atom. The lowest BCUT2D eigenvalue weighted by atomic mass is 9.90. The van der Waals surface area contributed by atoms with Gasteiger partial charge in [-0.2, -0.15) is 0 Å². The molecule has 28 heavy (non-hydrogen) atoms. The number of hydrogen-bond acceptors (Lipinski definition) is 5. The first-order chi connectivity index (χ1) is 13.3. The van der Waals surface area contributed by atoms with Crippen LogP contribution < -0.4 is 11.1 Å². The molecule has 146 valence electrons. The fourth-order valence-corrected chi connectivity index (χ4v) is 2.79. The molecule has 1 aromatic carbocycles. The number of halogens is 3. The first-order valence-corrected chi connectivity index (χ1v) is 8.28. The van der Waals surface area contributed by atoms with Crippen LogP contribution in [0.3, 0.4) is 0 Å². The number of amides is 1. The van der Waals surface area contributed by atoms with Crippen LogP contribution in [-0.2, 0) is 17.0 Å². The highest BCUT2D eigenvalue weighted by Crippen LogP contribution is 2.35. The second-order valence-electron chi connectivity index (χ2n) is 6.28. The van der Waals surface area contributed by atoms with Crippen molar-refractivity contribution in [1.29, 1.82) is 0 Å². The Bertz CT molecular complexity index is 960. The Morgan fingerprint density at radius 2 is 2.04 bits per heavy atom. The summed E-state index contributed by atoms with van der Waals surface area (Å²) >= 11 is 0. The lowest BCUT2D eigenvalue weighted by Crippen LogP contribution is -2.31. The van der Waals surface area contributed by atoms with Crippen LogP contribution in [0.15, 0.2) is 53.4 Å². The summed E-state index contributed by atoms with van der Waals surface area (Å²) < 4.78 is 45.0. The number of carbonyl (C=O) groups is 1. The number of aliphatic imine (C=N–C) groups is 1. The predicted octanol–water partition coefficient (Wildman–Crippen LogP) is 3.36. The molecular weight excluding hydrogens is 373 g/mol. The number of aromatic nitrogens is 1. The number of nitrogens with two attached hydrogens (primary N) is 1. The van der Waals surface area contributed by atoms with Gasteiger partial charge in [-0.15, -0.1) is 0 Å². The van der Waals surface area contributed by atoms with E-state index in [-0.39, 0.29) is 28.7 Å². The van der Waals surface area contributed by atoms with E-state index in [1.165, 1.54) is 36.5 Å². The molecule has 0 spiro atoms. The van der Waals surface area contributed by atoms with Crippen molar-refractivity contribution in [1.82, 2.24) is 4.98 Å². The number of hydrogen-bond donors (Lipinski definition) is 2. The summed E-state index contributed by atoms with van der Waals surface area (Å²) in [4.78, 5) is 20.3. The molecule has 6 nitrogen and oxygen atoms in total. The normalized spacial score (nSPS) is 18.7. The van der Waals surface area contributed by atoms with Gasteiger partial charge in [-0.1, -0.05) is 6.07 Å². The van der Waals surface area contributed by atoms with E-state index in [0.29, 0.717) is 5.56 Å². The molecule has 1 aromatic heterocycles. The number of ether oxygens (including phenoxy) is 1. The molecule has 1 amide bonds. The van der Waals surface area contributed by atoms with Gasteiger partial charge in [-0.25, -0.2) is 18.2 Å². The van der Waals surface area contributed by atoms with Crippen molar-refractivity contribution in [2.75, 3.05) is 12.0 Å². The predicted molar refractivity (Wildman–Crippen MR) is 97.5 cm³/mol. The van der Waals surface area contributed by atoms with Gasteiger partial charge in [-0.05, 0) is 37.3 Å². The zero-order chi connectivity index (χ0) is 20.3. The van der Waals surface area contributed by atoms with Gasteiger partial charge >= 0.3 is 0 Å². The van der Waals surface area contributed by atoms with E-state index in [0.717, 1.165) is 6.07 Å². The maximum atomic E-state index is 14.5. The number of anilines is 1. The Hall–Kier alpha value is -3.36. The molecule has 3 rings (SSSR count). The Morgan fingerprint density at radius 1 is 1.25 bits per heavy atom. The molecule has 0 aliphatic carbocycles. The molecule has 0 fully saturated rings. The number of allylic oxidation sites excluding steroid dienone is 1. The Balaban J connectivity index is 1.90. The molecule has 0 saturated heterocycles. The number of nitrogens with one attached hydrogen (secondary N) is 1. The number of benzene rings is 1. The summed E-state index contributed by atoms with van der Waals surface area (Å²) in [5.74, 6) is -1.25. The van der Waals surface area contributed by atoms with Gasteiger partial charge in [0.2, 0.25) is 0 Å².